The van der Waals surface area contributed by atoms with Crippen LogP contribution in [0.4, 0.5) is 15.8 Å². The maximum Gasteiger partial charge on any atom is 0.227 e. The summed E-state index contributed by atoms with van der Waals surface area (Å²) in [5.41, 5.74) is 0.402. The molecule has 0 aliphatic rings. The van der Waals surface area contributed by atoms with E-state index in [1.807, 2.05) is 0 Å². The maximum atomic E-state index is 13.8. The van der Waals surface area contributed by atoms with Crippen LogP contribution in [0.3, 0.4) is 0 Å². The van der Waals surface area contributed by atoms with Gasteiger partial charge in [0.2, 0.25) is 11.8 Å². The van der Waals surface area contributed by atoms with E-state index in [9.17, 15) is 14.0 Å². The number of carbonyl (C=O) groups is 2. The Labute approximate surface area is 144 Å². The average Bonchev–Trinajstić information content (AvgIpc) is 2.58. The Morgan fingerprint density at radius 2 is 1.72 bits per heavy atom. The van der Waals surface area contributed by atoms with E-state index in [4.69, 9.17) is 9.47 Å². The molecule has 2 aromatic rings. The molecule has 0 aromatic heterocycles. The van der Waals surface area contributed by atoms with Crippen molar-refractivity contribution in [1.29, 1.82) is 0 Å². The Morgan fingerprint density at radius 3 is 2.36 bits per heavy atom. The molecular weight excluding hydrogens is 327 g/mol. The molecule has 0 heterocycles. The first kappa shape index (κ1) is 18.3. The Bertz CT molecular complexity index is 747. The zero-order valence-electron chi connectivity index (χ0n) is 14.0. The Hall–Kier alpha value is -3.09. The van der Waals surface area contributed by atoms with Crippen molar-refractivity contribution in [2.45, 2.75) is 13.3 Å². The van der Waals surface area contributed by atoms with Gasteiger partial charge in [-0.15, -0.1) is 0 Å². The highest BCUT2D eigenvalue weighted by molar-refractivity contribution is 5.93. The molecule has 0 aliphatic heterocycles. The zero-order valence-corrected chi connectivity index (χ0v) is 14.0. The molecule has 2 N–H and O–H groups in total. The van der Waals surface area contributed by atoms with Crippen molar-refractivity contribution >= 4 is 23.2 Å². The lowest BCUT2D eigenvalue weighted by Gasteiger charge is -2.10. The van der Waals surface area contributed by atoms with Gasteiger partial charge in [0.25, 0.3) is 0 Å². The minimum atomic E-state index is -0.585. The van der Waals surface area contributed by atoms with Crippen LogP contribution in [0, 0.1) is 5.82 Å². The molecule has 0 spiro atoms. The molecule has 0 radical (unpaired) electrons. The number of halogens is 1. The van der Waals surface area contributed by atoms with E-state index in [0.717, 1.165) is 0 Å². The summed E-state index contributed by atoms with van der Waals surface area (Å²) in [6, 6.07) is 10.9. The summed E-state index contributed by atoms with van der Waals surface area (Å²) >= 11 is 0. The molecule has 0 saturated carbocycles. The molecule has 7 heteroatoms. The third kappa shape index (κ3) is 5.80. The van der Waals surface area contributed by atoms with Gasteiger partial charge < -0.3 is 20.1 Å². The lowest BCUT2D eigenvalue weighted by atomic mass is 10.2. The SMILES string of the molecule is COc1ccc(OCCC(=O)Nc2cc(NC(C)=O)ccc2F)cc1. The fourth-order valence-electron chi connectivity index (χ4n) is 2.05. The van der Waals surface area contributed by atoms with E-state index >= 15 is 0 Å². The monoisotopic (exact) mass is 346 g/mol. The molecule has 0 saturated heterocycles. The Kier molecular flexibility index (Phi) is 6.33. The number of amides is 2. The van der Waals surface area contributed by atoms with E-state index in [2.05, 4.69) is 10.6 Å². The van der Waals surface area contributed by atoms with E-state index in [-0.39, 0.29) is 24.6 Å². The molecule has 25 heavy (non-hydrogen) atoms. The van der Waals surface area contributed by atoms with Crippen LogP contribution in [0.15, 0.2) is 42.5 Å². The number of rotatable bonds is 7. The summed E-state index contributed by atoms with van der Waals surface area (Å²) < 4.78 is 24.3. The molecule has 132 valence electrons. The van der Waals surface area contributed by atoms with E-state index in [1.54, 1.807) is 31.4 Å². The van der Waals surface area contributed by atoms with Gasteiger partial charge in [-0.25, -0.2) is 4.39 Å². The number of carbonyl (C=O) groups excluding carboxylic acids is 2. The fourth-order valence-corrected chi connectivity index (χ4v) is 2.05. The number of hydrogen-bond donors (Lipinski definition) is 2. The van der Waals surface area contributed by atoms with E-state index in [1.165, 1.54) is 25.1 Å². The van der Waals surface area contributed by atoms with Crippen LogP contribution in [0.2, 0.25) is 0 Å². The summed E-state index contributed by atoms with van der Waals surface area (Å²) in [7, 11) is 1.57. The van der Waals surface area contributed by atoms with Crippen LogP contribution in [-0.2, 0) is 9.59 Å². The molecular formula is C18H19FN2O4. The number of ether oxygens (including phenoxy) is 2. The first-order valence-electron chi connectivity index (χ1n) is 7.62. The molecule has 2 rings (SSSR count). The predicted molar refractivity (Wildman–Crippen MR) is 92.4 cm³/mol. The maximum absolute atomic E-state index is 13.8. The van der Waals surface area contributed by atoms with E-state index in [0.29, 0.717) is 17.2 Å². The minimum Gasteiger partial charge on any atom is -0.497 e. The van der Waals surface area contributed by atoms with Gasteiger partial charge in [-0.05, 0) is 42.5 Å². The number of hydrogen-bond acceptors (Lipinski definition) is 4. The highest BCUT2D eigenvalue weighted by atomic mass is 19.1. The summed E-state index contributed by atoms with van der Waals surface area (Å²) in [6.07, 6.45) is 0.0514. The molecule has 0 fully saturated rings. The summed E-state index contributed by atoms with van der Waals surface area (Å²) in [6.45, 7) is 1.49. The third-order valence-corrected chi connectivity index (χ3v) is 3.22. The second kappa shape index (κ2) is 8.68. The van der Waals surface area contributed by atoms with Crippen LogP contribution >= 0.6 is 0 Å². The van der Waals surface area contributed by atoms with Crippen LogP contribution in [0.25, 0.3) is 0 Å². The summed E-state index contributed by atoms with van der Waals surface area (Å²) in [4.78, 5) is 23.0. The largest absolute Gasteiger partial charge is 0.497 e. The van der Waals surface area contributed by atoms with Crippen LogP contribution in [0.1, 0.15) is 13.3 Å². The van der Waals surface area contributed by atoms with Gasteiger partial charge in [-0.1, -0.05) is 0 Å². The van der Waals surface area contributed by atoms with Crippen LogP contribution in [-0.4, -0.2) is 25.5 Å². The highest BCUT2D eigenvalue weighted by Crippen LogP contribution is 2.20. The predicted octanol–water partition coefficient (Wildman–Crippen LogP) is 3.20. The first-order valence-corrected chi connectivity index (χ1v) is 7.62. The quantitative estimate of drug-likeness (QED) is 0.807. The zero-order chi connectivity index (χ0) is 18.2. The number of nitrogens with one attached hydrogen (secondary N) is 2. The van der Waals surface area contributed by atoms with Gasteiger partial charge in [0.15, 0.2) is 0 Å². The van der Waals surface area contributed by atoms with Crippen molar-refractivity contribution in [3.05, 3.63) is 48.3 Å². The molecule has 0 bridgehead atoms. The van der Waals surface area contributed by atoms with Gasteiger partial charge in [0, 0.05) is 12.6 Å². The highest BCUT2D eigenvalue weighted by Gasteiger charge is 2.09. The van der Waals surface area contributed by atoms with Crippen molar-refractivity contribution in [2.75, 3.05) is 24.4 Å². The Balaban J connectivity index is 1.86. The summed E-state index contributed by atoms with van der Waals surface area (Å²) in [5.74, 6) is 0.0507. The molecule has 0 atom stereocenters. The van der Waals surface area contributed by atoms with Gasteiger partial charge in [0.05, 0.1) is 25.8 Å². The second-order valence-corrected chi connectivity index (χ2v) is 5.20. The molecule has 0 unspecified atom stereocenters. The number of anilines is 2. The average molecular weight is 346 g/mol. The molecule has 6 nitrogen and oxygen atoms in total. The smallest absolute Gasteiger partial charge is 0.227 e. The molecule has 2 aromatic carbocycles. The molecule has 0 aliphatic carbocycles. The van der Waals surface area contributed by atoms with Gasteiger partial charge >= 0.3 is 0 Å². The van der Waals surface area contributed by atoms with Crippen molar-refractivity contribution in [1.82, 2.24) is 0 Å². The van der Waals surface area contributed by atoms with Gasteiger partial charge in [0.1, 0.15) is 17.3 Å². The number of benzene rings is 2. The summed E-state index contributed by atoms with van der Waals surface area (Å²) in [5, 5.41) is 4.99. The van der Waals surface area contributed by atoms with Crippen molar-refractivity contribution in [3.63, 3.8) is 0 Å². The minimum absolute atomic E-state index is 0.000646. The third-order valence-electron chi connectivity index (χ3n) is 3.22. The second-order valence-electron chi connectivity index (χ2n) is 5.20. The lowest BCUT2D eigenvalue weighted by molar-refractivity contribution is -0.116. The normalized spacial score (nSPS) is 10.0. The van der Waals surface area contributed by atoms with Crippen molar-refractivity contribution < 1.29 is 23.5 Å². The van der Waals surface area contributed by atoms with Crippen molar-refractivity contribution in [2.24, 2.45) is 0 Å². The van der Waals surface area contributed by atoms with Crippen LogP contribution in [0.5, 0.6) is 11.5 Å². The standard InChI is InChI=1S/C18H19FN2O4/c1-12(22)20-13-3-8-16(19)17(11-13)21-18(23)9-10-25-15-6-4-14(24-2)5-7-15/h3-8,11H,9-10H2,1-2H3,(H,20,22)(H,21,23). The molecule has 2 amide bonds. The fraction of sp³-hybridized carbons (Fsp3) is 0.222. The first-order chi connectivity index (χ1) is 12.0. The van der Waals surface area contributed by atoms with Crippen LogP contribution < -0.4 is 20.1 Å². The van der Waals surface area contributed by atoms with Gasteiger partial charge in [-0.3, -0.25) is 9.59 Å². The van der Waals surface area contributed by atoms with Crippen molar-refractivity contribution in [3.8, 4) is 11.5 Å². The topological polar surface area (TPSA) is 76.7 Å². The van der Waals surface area contributed by atoms with Gasteiger partial charge in [-0.2, -0.15) is 0 Å². The Morgan fingerprint density at radius 1 is 1.04 bits per heavy atom. The lowest BCUT2D eigenvalue weighted by Crippen LogP contribution is -2.16. The van der Waals surface area contributed by atoms with E-state index < -0.39 is 11.7 Å². The number of methoxy groups -OCH3 is 1.